The molecular formula is C14H24N2O4S. The van der Waals surface area contributed by atoms with Gasteiger partial charge >= 0.3 is 0 Å². The number of aliphatic hydroxyl groups is 4. The Bertz CT molecular complexity index is 402. The van der Waals surface area contributed by atoms with Crippen molar-refractivity contribution >= 4 is 16.9 Å². The Labute approximate surface area is 129 Å². The number of rotatable bonds is 7. The fraction of sp³-hybridized carbons (Fsp3) is 0.786. The Morgan fingerprint density at radius 1 is 1.43 bits per heavy atom. The van der Waals surface area contributed by atoms with Gasteiger partial charge in [-0.05, 0) is 18.8 Å². The second-order valence-electron chi connectivity index (χ2n) is 5.83. The van der Waals surface area contributed by atoms with Crippen molar-refractivity contribution in [3.8, 4) is 0 Å². The summed E-state index contributed by atoms with van der Waals surface area (Å²) in [4.78, 5) is 4.37. The molecule has 1 heterocycles. The van der Waals surface area contributed by atoms with Crippen LogP contribution in [0.2, 0.25) is 0 Å². The number of amidine groups is 1. The van der Waals surface area contributed by atoms with Crippen molar-refractivity contribution in [2.75, 3.05) is 6.54 Å². The Hall–Kier alpha value is -0.600. The van der Waals surface area contributed by atoms with Crippen molar-refractivity contribution < 1.29 is 20.4 Å². The molecule has 2 rings (SSSR count). The maximum Gasteiger partial charge on any atom is 0.159 e. The van der Waals surface area contributed by atoms with Crippen LogP contribution in [0.25, 0.3) is 0 Å². The van der Waals surface area contributed by atoms with Gasteiger partial charge in [-0.25, -0.2) is 0 Å². The summed E-state index contributed by atoms with van der Waals surface area (Å²) in [7, 11) is 0. The summed E-state index contributed by atoms with van der Waals surface area (Å²) in [6, 6.07) is -0.706. The van der Waals surface area contributed by atoms with E-state index in [1.54, 1.807) is 6.92 Å². The highest BCUT2D eigenvalue weighted by Gasteiger charge is 2.41. The van der Waals surface area contributed by atoms with Crippen molar-refractivity contribution in [3.63, 3.8) is 0 Å². The maximum atomic E-state index is 10.2. The van der Waals surface area contributed by atoms with Gasteiger partial charge < -0.3 is 25.7 Å². The van der Waals surface area contributed by atoms with Gasteiger partial charge in [0.25, 0.3) is 0 Å². The number of aliphatic hydroxyl groups excluding tert-OH is 4. The molecule has 0 spiro atoms. The van der Waals surface area contributed by atoms with Crippen LogP contribution in [0.5, 0.6) is 0 Å². The summed E-state index contributed by atoms with van der Waals surface area (Å²) < 4.78 is 0. The second-order valence-corrected chi connectivity index (χ2v) is 6.94. The lowest BCUT2D eigenvalue weighted by molar-refractivity contribution is -0.0617. The molecule has 1 saturated carbocycles. The molecule has 0 aromatic heterocycles. The van der Waals surface area contributed by atoms with Gasteiger partial charge in [-0.2, -0.15) is 0 Å². The first-order chi connectivity index (χ1) is 9.93. The molecule has 2 aliphatic rings. The van der Waals surface area contributed by atoms with Gasteiger partial charge in [0.2, 0.25) is 0 Å². The molecule has 0 bridgehead atoms. The van der Waals surface area contributed by atoms with Crippen molar-refractivity contribution in [1.29, 1.82) is 0 Å². The van der Waals surface area contributed by atoms with Crippen LogP contribution >= 0.6 is 11.8 Å². The topological polar surface area (TPSA) is 105 Å². The molecule has 120 valence electrons. The van der Waals surface area contributed by atoms with Gasteiger partial charge in [-0.15, -0.1) is 6.58 Å². The van der Waals surface area contributed by atoms with E-state index in [4.69, 9.17) is 0 Å². The van der Waals surface area contributed by atoms with E-state index in [1.807, 2.05) is 0 Å². The summed E-state index contributed by atoms with van der Waals surface area (Å²) in [5.41, 5.74) is -0.874. The van der Waals surface area contributed by atoms with Gasteiger partial charge in [0, 0.05) is 12.5 Å². The van der Waals surface area contributed by atoms with Crippen LogP contribution in [0.4, 0.5) is 0 Å². The van der Waals surface area contributed by atoms with Crippen LogP contribution in [-0.2, 0) is 0 Å². The van der Waals surface area contributed by atoms with Crippen molar-refractivity contribution in [1.82, 2.24) is 5.32 Å². The molecule has 0 aromatic carbocycles. The third-order valence-corrected chi connectivity index (χ3v) is 5.06. The fourth-order valence-corrected chi connectivity index (χ4v) is 3.18. The number of aliphatic imine (C=N–C) groups is 1. The summed E-state index contributed by atoms with van der Waals surface area (Å²) >= 11 is 1.16. The molecule has 1 aliphatic heterocycles. The summed E-state index contributed by atoms with van der Waals surface area (Å²) in [5, 5.41) is 43.6. The first kappa shape index (κ1) is 16.8. The Kier molecular flexibility index (Phi) is 5.67. The minimum Gasteiger partial charge on any atom is -0.390 e. The molecule has 5 N–H and O–H groups in total. The molecule has 21 heavy (non-hydrogen) atoms. The molecule has 1 saturated heterocycles. The normalized spacial score (nSPS) is 33.3. The minimum absolute atomic E-state index is 0.580. The Balaban J connectivity index is 1.93. The van der Waals surface area contributed by atoms with Gasteiger partial charge in [0.15, 0.2) is 5.17 Å². The van der Waals surface area contributed by atoms with E-state index in [9.17, 15) is 20.4 Å². The number of nitrogens with zero attached hydrogens (tertiary/aromatic N) is 1. The van der Waals surface area contributed by atoms with Crippen molar-refractivity contribution in [2.24, 2.45) is 16.8 Å². The minimum atomic E-state index is -1.20. The van der Waals surface area contributed by atoms with E-state index in [2.05, 4.69) is 16.9 Å². The number of thioether (sulfide) groups is 1. The molecule has 6 nitrogen and oxygen atoms in total. The van der Waals surface area contributed by atoms with Gasteiger partial charge in [-0.3, -0.25) is 4.99 Å². The zero-order valence-corrected chi connectivity index (χ0v) is 12.9. The fourth-order valence-electron chi connectivity index (χ4n) is 2.23. The number of nitrogens with one attached hydrogen (secondary N) is 1. The van der Waals surface area contributed by atoms with Gasteiger partial charge in [0.05, 0.1) is 18.2 Å². The van der Waals surface area contributed by atoms with Gasteiger partial charge in [-0.1, -0.05) is 24.8 Å². The quantitative estimate of drug-likeness (QED) is 0.412. The largest absolute Gasteiger partial charge is 0.390 e. The highest BCUT2D eigenvalue weighted by Crippen LogP contribution is 2.31. The molecule has 0 aromatic rings. The number of hydrogen-bond acceptors (Lipinski definition) is 6. The first-order valence-electron chi connectivity index (χ1n) is 7.26. The first-order valence-corrected chi connectivity index (χ1v) is 8.14. The SMILES string of the molecule is C=C[C@H](O)[C@@H](C)[C@@H](O)C(O)[C@H]1NC(=NCC2CC2)S[C@H]1O. The molecule has 0 radical (unpaired) electrons. The second kappa shape index (κ2) is 7.11. The maximum absolute atomic E-state index is 10.2. The highest BCUT2D eigenvalue weighted by atomic mass is 32.2. The van der Waals surface area contributed by atoms with E-state index < -0.39 is 35.7 Å². The monoisotopic (exact) mass is 316 g/mol. The molecule has 0 amide bonds. The third kappa shape index (κ3) is 4.20. The predicted octanol–water partition coefficient (Wildman–Crippen LogP) is -0.319. The number of hydrogen-bond donors (Lipinski definition) is 5. The van der Waals surface area contributed by atoms with E-state index >= 15 is 0 Å². The van der Waals surface area contributed by atoms with Gasteiger partial charge in [0.1, 0.15) is 11.5 Å². The zero-order chi connectivity index (χ0) is 15.6. The van der Waals surface area contributed by atoms with Crippen LogP contribution < -0.4 is 5.32 Å². The van der Waals surface area contributed by atoms with Crippen molar-refractivity contribution in [3.05, 3.63) is 12.7 Å². The van der Waals surface area contributed by atoms with E-state index in [0.717, 1.165) is 18.3 Å². The highest BCUT2D eigenvalue weighted by molar-refractivity contribution is 8.14. The van der Waals surface area contributed by atoms with E-state index in [1.165, 1.54) is 18.9 Å². The average Bonchev–Trinajstić information content (AvgIpc) is 3.24. The van der Waals surface area contributed by atoms with Crippen LogP contribution in [0.15, 0.2) is 17.6 Å². The van der Waals surface area contributed by atoms with Crippen LogP contribution in [0.3, 0.4) is 0 Å². The predicted molar refractivity (Wildman–Crippen MR) is 82.9 cm³/mol. The molecule has 1 aliphatic carbocycles. The lowest BCUT2D eigenvalue weighted by atomic mass is 9.91. The Morgan fingerprint density at radius 2 is 2.10 bits per heavy atom. The average molecular weight is 316 g/mol. The molecule has 6 atom stereocenters. The van der Waals surface area contributed by atoms with E-state index in [0.29, 0.717) is 11.1 Å². The lowest BCUT2D eigenvalue weighted by Gasteiger charge is -2.30. The summed E-state index contributed by atoms with van der Waals surface area (Å²) in [6.45, 7) is 5.82. The summed E-state index contributed by atoms with van der Waals surface area (Å²) in [6.07, 6.45) is 0.427. The Morgan fingerprint density at radius 3 is 2.67 bits per heavy atom. The van der Waals surface area contributed by atoms with Crippen LogP contribution in [0.1, 0.15) is 19.8 Å². The van der Waals surface area contributed by atoms with E-state index in [-0.39, 0.29) is 0 Å². The zero-order valence-electron chi connectivity index (χ0n) is 12.1. The molecule has 1 unspecified atom stereocenters. The molecule has 2 fully saturated rings. The standard InChI is InChI=1S/C14H24N2O4S/c1-3-9(17)7(2)11(18)12(19)10-13(20)21-14(16-10)15-6-8-4-5-8/h3,7-13,17-20H,1,4-6H2,2H3,(H,15,16)/t7-,9+,10-,11-,12?,13-/m1/s1. The smallest absolute Gasteiger partial charge is 0.159 e. The van der Waals surface area contributed by atoms with Crippen LogP contribution in [0, 0.1) is 11.8 Å². The summed E-state index contributed by atoms with van der Waals surface area (Å²) in [5.74, 6) is 0.0679. The lowest BCUT2D eigenvalue weighted by Crippen LogP contribution is -2.51. The molecular weight excluding hydrogens is 292 g/mol. The molecule has 7 heteroatoms. The van der Waals surface area contributed by atoms with Crippen LogP contribution in [-0.4, -0.2) is 61.9 Å². The van der Waals surface area contributed by atoms with Crippen molar-refractivity contribution in [2.45, 2.75) is 49.6 Å². The third-order valence-electron chi connectivity index (χ3n) is 4.06.